The Morgan fingerprint density at radius 1 is 0.364 bits per heavy atom. The van der Waals surface area contributed by atoms with Gasteiger partial charge in [-0.3, -0.25) is 0 Å². The maximum Gasteiger partial charge on any atom is 0.171 e. The molecule has 10 aromatic rings. The van der Waals surface area contributed by atoms with E-state index < -0.39 is 6.17 Å². The molecule has 4 heteroatoms. The largest absolute Gasteiger partial charge is 0.324 e. The standard InChI is InChI=1S/C51H34N4/c1-3-13-33(14-4-1)39-23-24-41-28-42(26-25-40(41)27-39)50-52-49(34-15-5-2-6-16-34)53-51(54-50)45-30-36-18-8-10-20-38(36)32-48(45)55-46-22-12-11-21-43(46)44-29-35-17-7-9-19-37(35)31-47(44)55/h1-32,51H,(H,52,53,54). The summed E-state index contributed by atoms with van der Waals surface area (Å²) in [5.41, 5.74) is 8.85. The van der Waals surface area contributed by atoms with Gasteiger partial charge in [0.2, 0.25) is 0 Å². The maximum absolute atomic E-state index is 5.46. The van der Waals surface area contributed by atoms with Crippen LogP contribution in [0.15, 0.2) is 204 Å². The molecule has 1 aromatic heterocycles. The van der Waals surface area contributed by atoms with Crippen LogP contribution in [0.5, 0.6) is 0 Å². The van der Waals surface area contributed by atoms with Crippen LogP contribution in [0.2, 0.25) is 0 Å². The zero-order valence-corrected chi connectivity index (χ0v) is 29.9. The number of benzene rings is 9. The van der Waals surface area contributed by atoms with Gasteiger partial charge in [-0.15, -0.1) is 0 Å². The van der Waals surface area contributed by atoms with Crippen LogP contribution in [0.4, 0.5) is 0 Å². The molecule has 0 amide bonds. The summed E-state index contributed by atoms with van der Waals surface area (Å²) in [6.07, 6.45) is -0.515. The maximum atomic E-state index is 5.46. The van der Waals surface area contributed by atoms with Crippen molar-refractivity contribution in [3.63, 3.8) is 0 Å². The van der Waals surface area contributed by atoms with Crippen molar-refractivity contribution in [2.75, 3.05) is 0 Å². The molecule has 4 nitrogen and oxygen atoms in total. The number of para-hydroxylation sites is 1. The Hall–Kier alpha value is -7.30. The first-order chi connectivity index (χ1) is 27.2. The third kappa shape index (κ3) is 5.38. The van der Waals surface area contributed by atoms with Gasteiger partial charge in [-0.1, -0.05) is 152 Å². The lowest BCUT2D eigenvalue weighted by molar-refractivity contribution is 0.751. The van der Waals surface area contributed by atoms with Gasteiger partial charge in [-0.2, -0.15) is 0 Å². The number of hydrogen-bond acceptors (Lipinski definition) is 3. The lowest BCUT2D eigenvalue weighted by Crippen LogP contribution is -2.36. The van der Waals surface area contributed by atoms with Crippen molar-refractivity contribution in [3.8, 4) is 16.8 Å². The molecule has 0 aliphatic carbocycles. The fourth-order valence-corrected chi connectivity index (χ4v) is 8.24. The van der Waals surface area contributed by atoms with Crippen LogP contribution in [0.25, 0.3) is 70.9 Å². The summed E-state index contributed by atoms with van der Waals surface area (Å²) in [7, 11) is 0. The number of nitrogens with one attached hydrogen (secondary N) is 1. The Bertz CT molecular complexity index is 3170. The molecule has 1 unspecified atom stereocenters. The third-order valence-electron chi connectivity index (χ3n) is 11.0. The molecular formula is C51H34N4. The van der Waals surface area contributed by atoms with Gasteiger partial charge >= 0.3 is 0 Å². The first-order valence-electron chi connectivity index (χ1n) is 18.8. The highest BCUT2D eigenvalue weighted by Gasteiger charge is 2.26. The Morgan fingerprint density at radius 3 is 1.62 bits per heavy atom. The summed E-state index contributed by atoms with van der Waals surface area (Å²) in [6.45, 7) is 0. The zero-order chi connectivity index (χ0) is 36.3. The van der Waals surface area contributed by atoms with Crippen molar-refractivity contribution in [3.05, 3.63) is 211 Å². The Labute approximate surface area is 318 Å². The van der Waals surface area contributed by atoms with Gasteiger partial charge in [-0.25, -0.2) is 9.98 Å². The van der Waals surface area contributed by atoms with Crippen molar-refractivity contribution in [1.29, 1.82) is 0 Å². The van der Waals surface area contributed by atoms with Gasteiger partial charge < -0.3 is 9.88 Å². The van der Waals surface area contributed by atoms with Crippen molar-refractivity contribution >= 4 is 65.8 Å². The molecule has 1 aliphatic rings. The van der Waals surface area contributed by atoms with Crippen LogP contribution >= 0.6 is 0 Å². The minimum atomic E-state index is -0.515. The quantitative estimate of drug-likeness (QED) is 0.191. The molecule has 1 aliphatic heterocycles. The lowest BCUT2D eigenvalue weighted by atomic mass is 9.99. The Balaban J connectivity index is 1.13. The van der Waals surface area contributed by atoms with E-state index in [1.54, 1.807) is 0 Å². The number of aliphatic imine (C=N–C) groups is 2. The fraction of sp³-hybridized carbons (Fsp3) is 0.0196. The predicted molar refractivity (Wildman–Crippen MR) is 231 cm³/mol. The SMILES string of the molecule is c1ccc(C2=NC(c3cc4ccccc4cc3-n3c4ccccc4c4cc5ccccc5cc43)N=C(c3ccc4cc(-c5ccccc5)ccc4c3)N2)cc1. The second kappa shape index (κ2) is 12.7. The van der Waals surface area contributed by atoms with E-state index in [9.17, 15) is 0 Å². The minimum Gasteiger partial charge on any atom is -0.324 e. The van der Waals surface area contributed by atoms with Crippen molar-refractivity contribution in [2.45, 2.75) is 6.17 Å². The lowest BCUT2D eigenvalue weighted by Gasteiger charge is -2.25. The van der Waals surface area contributed by atoms with Crippen molar-refractivity contribution in [1.82, 2.24) is 9.88 Å². The van der Waals surface area contributed by atoms with E-state index in [1.807, 2.05) is 6.07 Å². The van der Waals surface area contributed by atoms with E-state index in [0.29, 0.717) is 0 Å². The van der Waals surface area contributed by atoms with Gasteiger partial charge in [-0.05, 0) is 85.9 Å². The van der Waals surface area contributed by atoms with Crippen LogP contribution in [-0.4, -0.2) is 16.2 Å². The number of aromatic nitrogens is 1. The van der Waals surface area contributed by atoms with Gasteiger partial charge in [0.05, 0.1) is 16.7 Å². The van der Waals surface area contributed by atoms with Gasteiger partial charge in [0.1, 0.15) is 11.7 Å². The summed E-state index contributed by atoms with van der Waals surface area (Å²) in [5, 5.41) is 13.2. The smallest absolute Gasteiger partial charge is 0.171 e. The topological polar surface area (TPSA) is 41.7 Å². The summed E-state index contributed by atoms with van der Waals surface area (Å²) < 4.78 is 2.42. The van der Waals surface area contributed by atoms with E-state index in [4.69, 9.17) is 9.98 Å². The zero-order valence-electron chi connectivity index (χ0n) is 29.9. The molecule has 9 aromatic carbocycles. The van der Waals surface area contributed by atoms with E-state index in [1.165, 1.54) is 43.4 Å². The first kappa shape index (κ1) is 31.2. The molecule has 0 spiro atoms. The summed E-state index contributed by atoms with van der Waals surface area (Å²) in [6, 6.07) is 69.4. The fourth-order valence-electron chi connectivity index (χ4n) is 8.24. The van der Waals surface area contributed by atoms with Gasteiger partial charge in [0.15, 0.2) is 6.17 Å². The highest BCUT2D eigenvalue weighted by molar-refractivity contribution is 6.17. The van der Waals surface area contributed by atoms with Gasteiger partial charge in [0.25, 0.3) is 0 Å². The molecule has 1 N–H and O–H groups in total. The normalized spacial score (nSPS) is 14.4. The Morgan fingerprint density at radius 2 is 0.891 bits per heavy atom. The van der Waals surface area contributed by atoms with Crippen molar-refractivity contribution < 1.29 is 0 Å². The summed E-state index contributed by atoms with van der Waals surface area (Å²) in [4.78, 5) is 10.9. The molecule has 1 atom stereocenters. The molecule has 2 heterocycles. The van der Waals surface area contributed by atoms with E-state index in [2.05, 4.69) is 198 Å². The minimum absolute atomic E-state index is 0.515. The predicted octanol–water partition coefficient (Wildman–Crippen LogP) is 12.4. The average molecular weight is 703 g/mol. The summed E-state index contributed by atoms with van der Waals surface area (Å²) in [5.74, 6) is 1.59. The van der Waals surface area contributed by atoms with Crippen molar-refractivity contribution in [2.24, 2.45) is 9.98 Å². The number of rotatable bonds is 5. The molecule has 0 fully saturated rings. The molecule has 258 valence electrons. The second-order valence-corrected chi connectivity index (χ2v) is 14.3. The molecule has 0 radical (unpaired) electrons. The molecule has 0 bridgehead atoms. The highest BCUT2D eigenvalue weighted by atomic mass is 15.2. The molecule has 11 rings (SSSR count). The number of amidine groups is 2. The monoisotopic (exact) mass is 702 g/mol. The number of fused-ring (bicyclic) bond motifs is 6. The van der Waals surface area contributed by atoms with E-state index in [0.717, 1.165) is 55.9 Å². The molecule has 55 heavy (non-hydrogen) atoms. The van der Waals surface area contributed by atoms with E-state index in [-0.39, 0.29) is 0 Å². The molecule has 0 saturated heterocycles. The second-order valence-electron chi connectivity index (χ2n) is 14.3. The molecular weight excluding hydrogens is 669 g/mol. The van der Waals surface area contributed by atoms with Gasteiger partial charge in [0, 0.05) is 27.5 Å². The third-order valence-corrected chi connectivity index (χ3v) is 11.0. The van der Waals surface area contributed by atoms with Crippen LogP contribution in [0.3, 0.4) is 0 Å². The van der Waals surface area contributed by atoms with Crippen LogP contribution in [0, 0.1) is 0 Å². The first-order valence-corrected chi connectivity index (χ1v) is 18.8. The van der Waals surface area contributed by atoms with Crippen LogP contribution < -0.4 is 5.32 Å². The average Bonchev–Trinajstić information content (AvgIpc) is 3.58. The Kier molecular flexibility index (Phi) is 7.20. The summed E-state index contributed by atoms with van der Waals surface area (Å²) >= 11 is 0. The number of hydrogen-bond donors (Lipinski definition) is 1. The highest BCUT2D eigenvalue weighted by Crippen LogP contribution is 2.40. The van der Waals surface area contributed by atoms with Crippen LogP contribution in [-0.2, 0) is 0 Å². The number of nitrogens with zero attached hydrogens (tertiary/aromatic N) is 3. The van der Waals surface area contributed by atoms with Crippen LogP contribution in [0.1, 0.15) is 22.9 Å². The van der Waals surface area contributed by atoms with E-state index >= 15 is 0 Å². The molecule has 0 saturated carbocycles.